The molecule has 0 bridgehead atoms. The lowest BCUT2D eigenvalue weighted by atomic mass is 10.2. The lowest BCUT2D eigenvalue weighted by Gasteiger charge is -2.10. The summed E-state index contributed by atoms with van der Waals surface area (Å²) in [5, 5.41) is 2.76. The van der Waals surface area contributed by atoms with Crippen LogP contribution in [0.15, 0.2) is 10.8 Å². The highest BCUT2D eigenvalue weighted by molar-refractivity contribution is 5.93. The molecule has 90 valence electrons. The number of hydrogen-bond acceptors (Lipinski definition) is 4. The minimum Gasteiger partial charge on any atom is -0.448 e. The molecule has 1 heterocycles. The standard InChI is InChI=1S/C10H15N3O2.ClH/c1-6-9(13-5-15-6)10(14)12-4-8(11)7-2-3-7;/h5,7-8H,2-4,11H2,1H3,(H,12,14);1H. The van der Waals surface area contributed by atoms with E-state index in [1.54, 1.807) is 6.92 Å². The van der Waals surface area contributed by atoms with Gasteiger partial charge >= 0.3 is 0 Å². The summed E-state index contributed by atoms with van der Waals surface area (Å²) in [5.74, 6) is 0.911. The van der Waals surface area contributed by atoms with E-state index < -0.39 is 0 Å². The van der Waals surface area contributed by atoms with E-state index in [2.05, 4.69) is 10.3 Å². The zero-order valence-electron chi connectivity index (χ0n) is 9.10. The monoisotopic (exact) mass is 245 g/mol. The van der Waals surface area contributed by atoms with Crippen LogP contribution in [0.2, 0.25) is 0 Å². The van der Waals surface area contributed by atoms with E-state index in [0.29, 0.717) is 23.9 Å². The molecule has 16 heavy (non-hydrogen) atoms. The van der Waals surface area contributed by atoms with Gasteiger partial charge in [-0.25, -0.2) is 4.98 Å². The average molecular weight is 246 g/mol. The molecule has 1 aliphatic rings. The van der Waals surface area contributed by atoms with Crippen LogP contribution in [0.1, 0.15) is 29.1 Å². The van der Waals surface area contributed by atoms with Crippen molar-refractivity contribution < 1.29 is 9.21 Å². The van der Waals surface area contributed by atoms with Crippen molar-refractivity contribution in [2.24, 2.45) is 11.7 Å². The Kier molecular flexibility index (Phi) is 4.32. The van der Waals surface area contributed by atoms with Crippen molar-refractivity contribution in [1.82, 2.24) is 10.3 Å². The van der Waals surface area contributed by atoms with Gasteiger partial charge in [0.1, 0.15) is 5.76 Å². The van der Waals surface area contributed by atoms with Gasteiger partial charge in [-0.1, -0.05) is 0 Å². The number of carbonyl (C=O) groups is 1. The molecule has 1 amide bonds. The Hall–Kier alpha value is -1.07. The third-order valence-electron chi connectivity index (χ3n) is 2.69. The molecule has 1 aliphatic carbocycles. The number of halogens is 1. The normalized spacial score (nSPS) is 16.4. The summed E-state index contributed by atoms with van der Waals surface area (Å²) in [6.45, 7) is 2.22. The second-order valence-electron chi connectivity index (χ2n) is 3.97. The topological polar surface area (TPSA) is 81.2 Å². The van der Waals surface area contributed by atoms with Crippen LogP contribution in [-0.2, 0) is 0 Å². The van der Waals surface area contributed by atoms with Crippen molar-refractivity contribution in [3.63, 3.8) is 0 Å². The first-order valence-electron chi connectivity index (χ1n) is 5.12. The van der Waals surface area contributed by atoms with E-state index in [1.165, 1.54) is 19.2 Å². The van der Waals surface area contributed by atoms with E-state index in [0.717, 1.165) is 0 Å². The molecule has 1 saturated carbocycles. The molecule has 0 spiro atoms. The van der Waals surface area contributed by atoms with Crippen LogP contribution in [-0.4, -0.2) is 23.5 Å². The predicted octanol–water partition coefficient (Wildman–Crippen LogP) is 0.872. The SMILES string of the molecule is Cc1ocnc1C(=O)NCC(N)C1CC1.Cl. The van der Waals surface area contributed by atoms with E-state index in [1.807, 2.05) is 0 Å². The summed E-state index contributed by atoms with van der Waals surface area (Å²) in [6.07, 6.45) is 3.63. The molecule has 1 fully saturated rings. The van der Waals surface area contributed by atoms with Gasteiger partial charge < -0.3 is 15.5 Å². The van der Waals surface area contributed by atoms with Crippen molar-refractivity contribution in [3.8, 4) is 0 Å². The number of amides is 1. The van der Waals surface area contributed by atoms with E-state index in [-0.39, 0.29) is 24.4 Å². The number of aryl methyl sites for hydroxylation is 1. The summed E-state index contributed by atoms with van der Waals surface area (Å²) in [4.78, 5) is 15.4. The molecular formula is C10H16ClN3O2. The summed E-state index contributed by atoms with van der Waals surface area (Å²) in [5.41, 5.74) is 6.21. The maximum absolute atomic E-state index is 11.6. The van der Waals surface area contributed by atoms with Gasteiger partial charge in [0.05, 0.1) is 0 Å². The average Bonchev–Trinajstić information content (AvgIpc) is 2.98. The first kappa shape index (κ1) is 13.0. The number of rotatable bonds is 4. The van der Waals surface area contributed by atoms with E-state index in [4.69, 9.17) is 10.2 Å². The van der Waals surface area contributed by atoms with Crippen molar-refractivity contribution in [2.45, 2.75) is 25.8 Å². The van der Waals surface area contributed by atoms with Crippen LogP contribution in [0.4, 0.5) is 0 Å². The Balaban J connectivity index is 0.00000128. The Morgan fingerprint density at radius 2 is 2.44 bits per heavy atom. The smallest absolute Gasteiger partial charge is 0.273 e. The predicted molar refractivity (Wildman–Crippen MR) is 61.5 cm³/mol. The lowest BCUT2D eigenvalue weighted by molar-refractivity contribution is 0.0944. The fourth-order valence-corrected chi connectivity index (χ4v) is 1.51. The number of nitrogens with two attached hydrogens (primary N) is 1. The molecule has 0 saturated heterocycles. The van der Waals surface area contributed by atoms with E-state index >= 15 is 0 Å². The summed E-state index contributed by atoms with van der Waals surface area (Å²) in [6, 6.07) is 0.0705. The fraction of sp³-hybridized carbons (Fsp3) is 0.600. The third-order valence-corrected chi connectivity index (χ3v) is 2.69. The minimum atomic E-state index is -0.211. The minimum absolute atomic E-state index is 0. The van der Waals surface area contributed by atoms with Crippen LogP contribution in [0.5, 0.6) is 0 Å². The molecule has 6 heteroatoms. The number of oxazole rings is 1. The van der Waals surface area contributed by atoms with Gasteiger partial charge in [-0.3, -0.25) is 4.79 Å². The molecule has 2 rings (SSSR count). The van der Waals surface area contributed by atoms with Crippen LogP contribution in [0, 0.1) is 12.8 Å². The number of aromatic nitrogens is 1. The molecule has 1 unspecified atom stereocenters. The van der Waals surface area contributed by atoms with Gasteiger partial charge in [0, 0.05) is 12.6 Å². The van der Waals surface area contributed by atoms with Crippen LogP contribution >= 0.6 is 12.4 Å². The second kappa shape index (κ2) is 5.32. The van der Waals surface area contributed by atoms with Crippen molar-refractivity contribution >= 4 is 18.3 Å². The maximum atomic E-state index is 11.6. The summed E-state index contributed by atoms with van der Waals surface area (Å²) in [7, 11) is 0. The summed E-state index contributed by atoms with van der Waals surface area (Å²) < 4.78 is 4.95. The van der Waals surface area contributed by atoms with Crippen LogP contribution in [0.3, 0.4) is 0 Å². The second-order valence-corrected chi connectivity index (χ2v) is 3.97. The molecule has 0 radical (unpaired) electrons. The lowest BCUT2D eigenvalue weighted by Crippen LogP contribution is -2.38. The Labute approximate surface area is 100 Å². The van der Waals surface area contributed by atoms with Crippen LogP contribution in [0.25, 0.3) is 0 Å². The van der Waals surface area contributed by atoms with Gasteiger partial charge in [0.2, 0.25) is 0 Å². The maximum Gasteiger partial charge on any atom is 0.273 e. The van der Waals surface area contributed by atoms with Crippen molar-refractivity contribution in [3.05, 3.63) is 17.8 Å². The van der Waals surface area contributed by atoms with Crippen molar-refractivity contribution in [2.75, 3.05) is 6.54 Å². The quantitative estimate of drug-likeness (QED) is 0.825. The first-order chi connectivity index (χ1) is 7.18. The zero-order valence-corrected chi connectivity index (χ0v) is 9.92. The highest BCUT2D eigenvalue weighted by Crippen LogP contribution is 2.31. The first-order valence-corrected chi connectivity index (χ1v) is 5.12. The number of carbonyl (C=O) groups excluding carboxylic acids is 1. The van der Waals surface area contributed by atoms with Gasteiger partial charge in [-0.15, -0.1) is 12.4 Å². The molecule has 1 aromatic rings. The molecule has 5 nitrogen and oxygen atoms in total. The Bertz CT molecular complexity index is 363. The van der Waals surface area contributed by atoms with Gasteiger partial charge in [-0.2, -0.15) is 0 Å². The fourth-order valence-electron chi connectivity index (χ4n) is 1.51. The highest BCUT2D eigenvalue weighted by Gasteiger charge is 2.28. The molecule has 0 aromatic carbocycles. The molecule has 3 N–H and O–H groups in total. The Morgan fingerprint density at radius 1 is 1.75 bits per heavy atom. The number of nitrogens with zero attached hydrogens (tertiary/aromatic N) is 1. The Morgan fingerprint density at radius 3 is 2.94 bits per heavy atom. The molecule has 1 atom stereocenters. The molecule has 1 aromatic heterocycles. The molecule has 0 aliphatic heterocycles. The zero-order chi connectivity index (χ0) is 10.8. The number of nitrogens with one attached hydrogen (secondary N) is 1. The molecular weight excluding hydrogens is 230 g/mol. The highest BCUT2D eigenvalue weighted by atomic mass is 35.5. The van der Waals surface area contributed by atoms with Crippen LogP contribution < -0.4 is 11.1 Å². The van der Waals surface area contributed by atoms with Gasteiger partial charge in [0.15, 0.2) is 12.1 Å². The largest absolute Gasteiger partial charge is 0.448 e. The van der Waals surface area contributed by atoms with Gasteiger partial charge in [-0.05, 0) is 25.7 Å². The summed E-state index contributed by atoms with van der Waals surface area (Å²) >= 11 is 0. The van der Waals surface area contributed by atoms with E-state index in [9.17, 15) is 4.79 Å². The van der Waals surface area contributed by atoms with Crippen molar-refractivity contribution in [1.29, 1.82) is 0 Å². The third kappa shape index (κ3) is 2.96. The number of hydrogen-bond donors (Lipinski definition) is 2. The van der Waals surface area contributed by atoms with Gasteiger partial charge in [0.25, 0.3) is 5.91 Å².